The number of H-pyrrole nitrogens is 1. The van der Waals surface area contributed by atoms with Crippen LogP contribution in [0.5, 0.6) is 0 Å². The lowest BCUT2D eigenvalue weighted by Crippen LogP contribution is -2.40. The molecule has 8 nitrogen and oxygen atoms in total. The van der Waals surface area contributed by atoms with Crippen LogP contribution in [0.4, 0.5) is 10.2 Å². The molecular weight excluding hydrogens is 457 g/mol. The molecule has 1 amide bonds. The first-order valence-corrected chi connectivity index (χ1v) is 12.4. The Morgan fingerprint density at radius 2 is 1.92 bits per heavy atom. The smallest absolute Gasteiger partial charge is 0.253 e. The Morgan fingerprint density at radius 3 is 2.67 bits per heavy atom. The molecule has 1 aliphatic heterocycles. The Bertz CT molecular complexity index is 1390. The van der Waals surface area contributed by atoms with E-state index in [-0.39, 0.29) is 17.8 Å². The molecule has 1 saturated heterocycles. The number of rotatable bonds is 6. The molecule has 2 aromatic carbocycles. The fourth-order valence-corrected chi connectivity index (χ4v) is 4.70. The summed E-state index contributed by atoms with van der Waals surface area (Å²) >= 11 is 0. The van der Waals surface area contributed by atoms with Gasteiger partial charge in [0, 0.05) is 48.7 Å². The number of anilines is 1. The van der Waals surface area contributed by atoms with Crippen molar-refractivity contribution in [1.29, 1.82) is 0 Å². The van der Waals surface area contributed by atoms with Crippen LogP contribution in [0, 0.1) is 5.82 Å². The molecule has 0 atom stereocenters. The molecule has 3 heterocycles. The summed E-state index contributed by atoms with van der Waals surface area (Å²) in [5.41, 5.74) is 9.62. The fraction of sp³-hybridized carbons (Fsp3) is 0.333. The van der Waals surface area contributed by atoms with Crippen LogP contribution in [0.25, 0.3) is 33.4 Å². The van der Waals surface area contributed by atoms with Crippen LogP contribution in [-0.2, 0) is 0 Å². The number of hydrogen-bond acceptors (Lipinski definition) is 6. The van der Waals surface area contributed by atoms with E-state index in [4.69, 9.17) is 10.7 Å². The molecule has 0 aliphatic carbocycles. The highest BCUT2D eigenvalue weighted by molar-refractivity contribution is 5.97. The summed E-state index contributed by atoms with van der Waals surface area (Å²) in [6.45, 7) is 6.73. The van der Waals surface area contributed by atoms with Gasteiger partial charge in [-0.2, -0.15) is 5.10 Å². The number of benzene rings is 2. The lowest BCUT2D eigenvalue weighted by molar-refractivity contribution is 0.0773. The van der Waals surface area contributed by atoms with E-state index in [1.54, 1.807) is 23.4 Å². The number of nitrogens with zero attached hydrogens (tertiary/aromatic N) is 5. The maximum Gasteiger partial charge on any atom is 0.253 e. The van der Waals surface area contributed by atoms with Crippen molar-refractivity contribution in [2.75, 3.05) is 31.1 Å². The summed E-state index contributed by atoms with van der Waals surface area (Å²) in [4.78, 5) is 26.0. The van der Waals surface area contributed by atoms with Gasteiger partial charge in [-0.3, -0.25) is 14.9 Å². The van der Waals surface area contributed by atoms with Crippen molar-refractivity contribution in [3.8, 4) is 22.5 Å². The highest BCUT2D eigenvalue weighted by Gasteiger charge is 2.20. The zero-order valence-electron chi connectivity index (χ0n) is 20.5. The van der Waals surface area contributed by atoms with Gasteiger partial charge in [0.15, 0.2) is 0 Å². The van der Waals surface area contributed by atoms with Gasteiger partial charge in [-0.25, -0.2) is 9.37 Å². The SMILES string of the molecule is CCN(CC)C(=O)c1ccc(F)c(-c2ccc3[nH]nc(-c4cncc(N5CCC(N)CC5)n4)c3c2)c1. The van der Waals surface area contributed by atoms with Gasteiger partial charge in [0.25, 0.3) is 5.91 Å². The largest absolute Gasteiger partial charge is 0.355 e. The zero-order chi connectivity index (χ0) is 25.2. The van der Waals surface area contributed by atoms with Gasteiger partial charge in [-0.1, -0.05) is 6.07 Å². The fourth-order valence-electron chi connectivity index (χ4n) is 4.70. The molecule has 2 aromatic heterocycles. The quantitative estimate of drug-likeness (QED) is 0.422. The molecule has 1 aliphatic rings. The lowest BCUT2D eigenvalue weighted by Gasteiger charge is -2.30. The van der Waals surface area contributed by atoms with E-state index in [0.29, 0.717) is 41.2 Å². The summed E-state index contributed by atoms with van der Waals surface area (Å²) in [6.07, 6.45) is 5.28. The topological polar surface area (TPSA) is 104 Å². The van der Waals surface area contributed by atoms with Crippen molar-refractivity contribution in [1.82, 2.24) is 25.1 Å². The number of aromatic amines is 1. The van der Waals surface area contributed by atoms with Crippen LogP contribution in [0.15, 0.2) is 48.8 Å². The summed E-state index contributed by atoms with van der Waals surface area (Å²) in [6, 6.07) is 10.3. The molecule has 3 N–H and O–H groups in total. The first kappa shape index (κ1) is 23.9. The number of halogens is 1. The Hall–Kier alpha value is -3.85. The van der Waals surface area contributed by atoms with Gasteiger partial charge in [0.1, 0.15) is 23.0 Å². The third-order valence-corrected chi connectivity index (χ3v) is 6.87. The van der Waals surface area contributed by atoms with Gasteiger partial charge in [-0.05, 0) is 62.6 Å². The highest BCUT2D eigenvalue weighted by Crippen LogP contribution is 2.32. The Labute approximate surface area is 209 Å². The lowest BCUT2D eigenvalue weighted by atomic mass is 9.99. The van der Waals surface area contributed by atoms with Crippen molar-refractivity contribution in [2.24, 2.45) is 5.73 Å². The number of nitrogens with one attached hydrogen (secondary N) is 1. The average molecular weight is 488 g/mol. The van der Waals surface area contributed by atoms with Crippen molar-refractivity contribution >= 4 is 22.6 Å². The zero-order valence-corrected chi connectivity index (χ0v) is 20.5. The second-order valence-electron chi connectivity index (χ2n) is 9.09. The predicted octanol–water partition coefficient (Wildman–Crippen LogP) is 4.24. The van der Waals surface area contributed by atoms with E-state index in [1.165, 1.54) is 12.1 Å². The van der Waals surface area contributed by atoms with Crippen LogP contribution in [0.3, 0.4) is 0 Å². The van der Waals surface area contributed by atoms with Crippen molar-refractivity contribution in [2.45, 2.75) is 32.7 Å². The van der Waals surface area contributed by atoms with Crippen LogP contribution in [0.2, 0.25) is 0 Å². The number of amides is 1. The summed E-state index contributed by atoms with van der Waals surface area (Å²) in [7, 11) is 0. The number of fused-ring (bicyclic) bond motifs is 1. The van der Waals surface area contributed by atoms with E-state index in [0.717, 1.165) is 42.7 Å². The highest BCUT2D eigenvalue weighted by atomic mass is 19.1. The third kappa shape index (κ3) is 4.54. The third-order valence-electron chi connectivity index (χ3n) is 6.87. The number of aromatic nitrogens is 4. The van der Waals surface area contributed by atoms with Crippen LogP contribution < -0.4 is 10.6 Å². The molecule has 5 rings (SSSR count). The first-order chi connectivity index (χ1) is 17.5. The molecule has 186 valence electrons. The van der Waals surface area contributed by atoms with Gasteiger partial charge in [0.2, 0.25) is 0 Å². The second-order valence-corrected chi connectivity index (χ2v) is 9.09. The Kier molecular flexibility index (Phi) is 6.65. The molecule has 9 heteroatoms. The van der Waals surface area contributed by atoms with Crippen molar-refractivity contribution in [3.63, 3.8) is 0 Å². The number of nitrogens with two attached hydrogens (primary N) is 1. The molecule has 1 fully saturated rings. The number of carbonyl (C=O) groups excluding carboxylic acids is 1. The van der Waals surface area contributed by atoms with Gasteiger partial charge in [0.05, 0.1) is 17.9 Å². The van der Waals surface area contributed by atoms with Gasteiger partial charge < -0.3 is 15.5 Å². The van der Waals surface area contributed by atoms with Gasteiger partial charge in [-0.15, -0.1) is 0 Å². The monoisotopic (exact) mass is 487 g/mol. The minimum absolute atomic E-state index is 0.114. The van der Waals surface area contributed by atoms with E-state index >= 15 is 0 Å². The Morgan fingerprint density at radius 1 is 1.14 bits per heavy atom. The van der Waals surface area contributed by atoms with E-state index in [1.807, 2.05) is 32.0 Å². The molecular formula is C27H30FN7O. The van der Waals surface area contributed by atoms with E-state index < -0.39 is 0 Å². The standard InChI is InChI=1S/C27H30FN7O/c1-3-34(4-2)27(36)18-5-7-22(28)20(14-18)17-6-8-23-21(13-17)26(33-32-23)24-15-30-16-25(31-24)35-11-9-19(29)10-12-35/h5-8,13-16,19H,3-4,9-12,29H2,1-2H3,(H,32,33). The van der Waals surface area contributed by atoms with Crippen LogP contribution >= 0.6 is 0 Å². The van der Waals surface area contributed by atoms with Crippen LogP contribution in [-0.4, -0.2) is 63.2 Å². The summed E-state index contributed by atoms with van der Waals surface area (Å²) in [5, 5.41) is 8.34. The molecule has 4 aromatic rings. The number of carbonyl (C=O) groups is 1. The number of piperidine rings is 1. The molecule has 36 heavy (non-hydrogen) atoms. The number of hydrogen-bond donors (Lipinski definition) is 2. The van der Waals surface area contributed by atoms with E-state index in [9.17, 15) is 9.18 Å². The molecule has 0 saturated carbocycles. The maximum absolute atomic E-state index is 14.9. The first-order valence-electron chi connectivity index (χ1n) is 12.4. The van der Waals surface area contributed by atoms with E-state index in [2.05, 4.69) is 20.1 Å². The molecule has 0 spiro atoms. The minimum Gasteiger partial charge on any atom is -0.355 e. The predicted molar refractivity (Wildman–Crippen MR) is 139 cm³/mol. The molecule has 0 bridgehead atoms. The van der Waals surface area contributed by atoms with Crippen molar-refractivity contribution < 1.29 is 9.18 Å². The maximum atomic E-state index is 14.9. The van der Waals surface area contributed by atoms with Gasteiger partial charge >= 0.3 is 0 Å². The normalized spacial score (nSPS) is 14.4. The van der Waals surface area contributed by atoms with Crippen molar-refractivity contribution in [3.05, 3.63) is 60.2 Å². The molecule has 0 unspecified atom stereocenters. The minimum atomic E-state index is -0.388. The molecule has 0 radical (unpaired) electrons. The second kappa shape index (κ2) is 10.0. The summed E-state index contributed by atoms with van der Waals surface area (Å²) < 4.78 is 14.9. The average Bonchev–Trinajstić information content (AvgIpc) is 3.33. The summed E-state index contributed by atoms with van der Waals surface area (Å²) in [5.74, 6) is 0.290. The Balaban J connectivity index is 1.51. The van der Waals surface area contributed by atoms with Crippen LogP contribution in [0.1, 0.15) is 37.0 Å².